The molecule has 0 spiro atoms. The fourth-order valence-electron chi connectivity index (χ4n) is 3.02. The second kappa shape index (κ2) is 5.78. The highest BCUT2D eigenvalue weighted by atomic mass is 15.3. The van der Waals surface area contributed by atoms with Crippen LogP contribution in [0, 0.1) is 0 Å². The molecule has 0 amide bonds. The molecule has 0 saturated carbocycles. The molecule has 3 heteroatoms. The summed E-state index contributed by atoms with van der Waals surface area (Å²) in [4.78, 5) is 4.72. The van der Waals surface area contributed by atoms with Gasteiger partial charge in [-0.15, -0.1) is 0 Å². The molecule has 0 unspecified atom stereocenters. The molecule has 2 N–H and O–H groups in total. The van der Waals surface area contributed by atoms with E-state index in [0.29, 0.717) is 0 Å². The minimum atomic E-state index is 0.0908. The first-order chi connectivity index (χ1) is 10.2. The number of anilines is 3. The zero-order valence-electron chi connectivity index (χ0n) is 12.8. The highest BCUT2D eigenvalue weighted by molar-refractivity contribution is 5.80. The van der Waals surface area contributed by atoms with E-state index in [9.17, 15) is 0 Å². The summed E-state index contributed by atoms with van der Waals surface area (Å²) in [5.41, 5.74) is 11.3. The van der Waals surface area contributed by atoms with Crippen LogP contribution in [0.4, 0.5) is 17.1 Å². The van der Waals surface area contributed by atoms with Gasteiger partial charge in [-0.2, -0.15) is 0 Å². The average Bonchev–Trinajstić information content (AvgIpc) is 2.55. The average molecular weight is 281 g/mol. The summed E-state index contributed by atoms with van der Waals surface area (Å²) in [5, 5.41) is 0. The normalized spacial score (nSPS) is 15.8. The summed E-state index contributed by atoms with van der Waals surface area (Å²) in [5.74, 6) is 0. The smallest absolute Gasteiger partial charge is 0.0649 e. The van der Waals surface area contributed by atoms with Gasteiger partial charge in [0.05, 0.1) is 11.4 Å². The van der Waals surface area contributed by atoms with Gasteiger partial charge in [-0.25, -0.2) is 0 Å². The Morgan fingerprint density at radius 2 is 1.57 bits per heavy atom. The number of hydrogen-bond acceptors (Lipinski definition) is 3. The summed E-state index contributed by atoms with van der Waals surface area (Å²) >= 11 is 0. The summed E-state index contributed by atoms with van der Waals surface area (Å²) in [6.45, 7) is 4.15. The summed E-state index contributed by atoms with van der Waals surface area (Å²) in [6.07, 6.45) is 0.951. The number of nitrogens with zero attached hydrogens (tertiary/aromatic N) is 2. The molecule has 0 fully saturated rings. The van der Waals surface area contributed by atoms with E-state index in [0.717, 1.165) is 19.5 Å². The van der Waals surface area contributed by atoms with Crippen LogP contribution in [0.15, 0.2) is 48.5 Å². The summed E-state index contributed by atoms with van der Waals surface area (Å²) in [7, 11) is 2.15. The lowest BCUT2D eigenvalue weighted by Gasteiger charge is -2.38. The minimum absolute atomic E-state index is 0.0908. The Balaban J connectivity index is 2.08. The fraction of sp³-hybridized carbons (Fsp3) is 0.333. The van der Waals surface area contributed by atoms with Gasteiger partial charge < -0.3 is 15.5 Å². The van der Waals surface area contributed by atoms with Gasteiger partial charge in [0, 0.05) is 31.9 Å². The van der Waals surface area contributed by atoms with E-state index in [2.05, 4.69) is 72.3 Å². The Labute approximate surface area is 127 Å². The van der Waals surface area contributed by atoms with Crippen molar-refractivity contribution in [3.63, 3.8) is 0 Å². The lowest BCUT2D eigenvalue weighted by Crippen LogP contribution is -2.37. The molecule has 2 aromatic carbocycles. The predicted molar refractivity (Wildman–Crippen MR) is 90.4 cm³/mol. The molecular formula is C18H23N3. The number of rotatable bonds is 3. The Kier molecular flexibility index (Phi) is 3.84. The molecule has 2 aromatic rings. The van der Waals surface area contributed by atoms with Crippen molar-refractivity contribution in [3.05, 3.63) is 54.1 Å². The van der Waals surface area contributed by atoms with Gasteiger partial charge in [-0.05, 0) is 30.2 Å². The van der Waals surface area contributed by atoms with E-state index in [1.807, 2.05) is 0 Å². The van der Waals surface area contributed by atoms with E-state index in [-0.39, 0.29) is 6.04 Å². The number of hydrogen-bond donors (Lipinski definition) is 1. The molecular weight excluding hydrogens is 258 g/mol. The Morgan fingerprint density at radius 1 is 0.952 bits per heavy atom. The fourth-order valence-corrected chi connectivity index (χ4v) is 3.02. The maximum absolute atomic E-state index is 6.31. The third-order valence-corrected chi connectivity index (χ3v) is 4.31. The van der Waals surface area contributed by atoms with Crippen LogP contribution in [0.2, 0.25) is 0 Å². The van der Waals surface area contributed by atoms with Crippen LogP contribution in [0.1, 0.15) is 24.9 Å². The summed E-state index contributed by atoms with van der Waals surface area (Å²) in [6, 6.07) is 17.2. The first-order valence-electron chi connectivity index (χ1n) is 7.64. The Hall–Kier alpha value is -2.00. The molecule has 1 heterocycles. The van der Waals surface area contributed by atoms with Crippen molar-refractivity contribution in [1.29, 1.82) is 0 Å². The molecule has 110 valence electrons. The second-order valence-corrected chi connectivity index (χ2v) is 5.64. The molecule has 1 atom stereocenters. The van der Waals surface area contributed by atoms with Gasteiger partial charge in [0.2, 0.25) is 0 Å². The van der Waals surface area contributed by atoms with Crippen molar-refractivity contribution < 1.29 is 0 Å². The van der Waals surface area contributed by atoms with Crippen molar-refractivity contribution in [3.8, 4) is 0 Å². The number of likely N-dealkylation sites (N-methyl/N-ethyl adjacent to an activating group) is 1. The van der Waals surface area contributed by atoms with Crippen molar-refractivity contribution in [2.75, 3.05) is 29.9 Å². The lowest BCUT2D eigenvalue weighted by atomic mass is 10.0. The van der Waals surface area contributed by atoms with Gasteiger partial charge >= 0.3 is 0 Å². The van der Waals surface area contributed by atoms with Crippen molar-refractivity contribution in [1.82, 2.24) is 0 Å². The van der Waals surface area contributed by atoms with Gasteiger partial charge in [0.15, 0.2) is 0 Å². The predicted octanol–water partition coefficient (Wildman–Crippen LogP) is 3.68. The van der Waals surface area contributed by atoms with E-state index < -0.39 is 0 Å². The highest BCUT2D eigenvalue weighted by Crippen LogP contribution is 2.39. The topological polar surface area (TPSA) is 32.5 Å². The van der Waals surface area contributed by atoms with E-state index in [4.69, 9.17) is 5.73 Å². The monoisotopic (exact) mass is 281 g/mol. The largest absolute Gasteiger partial charge is 0.371 e. The number of para-hydroxylation sites is 3. The zero-order chi connectivity index (χ0) is 14.8. The second-order valence-electron chi connectivity index (χ2n) is 5.64. The molecule has 1 aliphatic rings. The number of nitrogens with two attached hydrogens (primary N) is 1. The van der Waals surface area contributed by atoms with Crippen molar-refractivity contribution in [2.45, 2.75) is 19.4 Å². The van der Waals surface area contributed by atoms with Crippen LogP contribution >= 0.6 is 0 Å². The molecule has 21 heavy (non-hydrogen) atoms. The van der Waals surface area contributed by atoms with Crippen molar-refractivity contribution >= 4 is 17.1 Å². The van der Waals surface area contributed by atoms with Gasteiger partial charge in [0.1, 0.15) is 0 Å². The molecule has 0 saturated heterocycles. The highest BCUT2D eigenvalue weighted by Gasteiger charge is 2.23. The molecule has 0 aliphatic carbocycles. The van der Waals surface area contributed by atoms with Crippen LogP contribution in [0.3, 0.4) is 0 Å². The third kappa shape index (κ3) is 2.49. The minimum Gasteiger partial charge on any atom is -0.371 e. The maximum atomic E-state index is 6.31. The van der Waals surface area contributed by atoms with E-state index in [1.54, 1.807) is 0 Å². The lowest BCUT2D eigenvalue weighted by molar-refractivity contribution is 0.694. The quantitative estimate of drug-likeness (QED) is 0.931. The van der Waals surface area contributed by atoms with Gasteiger partial charge in [-0.1, -0.05) is 37.3 Å². The molecule has 0 radical (unpaired) electrons. The third-order valence-electron chi connectivity index (χ3n) is 4.31. The first-order valence-corrected chi connectivity index (χ1v) is 7.64. The van der Waals surface area contributed by atoms with Crippen molar-refractivity contribution in [2.24, 2.45) is 5.73 Å². The molecule has 3 rings (SSSR count). The molecule has 3 nitrogen and oxygen atoms in total. The molecule has 1 aliphatic heterocycles. The molecule has 0 bridgehead atoms. The van der Waals surface area contributed by atoms with Crippen LogP contribution < -0.4 is 15.5 Å². The number of benzene rings is 2. The Morgan fingerprint density at radius 3 is 2.29 bits per heavy atom. The maximum Gasteiger partial charge on any atom is 0.0649 e. The van der Waals surface area contributed by atoms with Gasteiger partial charge in [0.25, 0.3) is 0 Å². The van der Waals surface area contributed by atoms with E-state index in [1.165, 1.54) is 22.6 Å². The van der Waals surface area contributed by atoms with Crippen LogP contribution in [-0.4, -0.2) is 20.1 Å². The van der Waals surface area contributed by atoms with Crippen LogP contribution in [0.5, 0.6) is 0 Å². The van der Waals surface area contributed by atoms with Crippen LogP contribution in [-0.2, 0) is 0 Å². The molecule has 0 aromatic heterocycles. The Bertz CT molecular complexity index is 623. The first kappa shape index (κ1) is 14.0. The van der Waals surface area contributed by atoms with Gasteiger partial charge in [-0.3, -0.25) is 0 Å². The number of fused-ring (bicyclic) bond motifs is 1. The standard InChI is InChI=1S/C18H23N3/c1-3-15(19)14-8-4-5-9-16(14)21-13-12-20(2)17-10-6-7-11-18(17)21/h4-11,15H,3,12-13,19H2,1-2H3/t15-/m1/s1. The van der Waals surface area contributed by atoms with Crippen LogP contribution in [0.25, 0.3) is 0 Å². The van der Waals surface area contributed by atoms with E-state index >= 15 is 0 Å². The summed E-state index contributed by atoms with van der Waals surface area (Å²) < 4.78 is 0. The SMILES string of the molecule is CC[C@@H](N)c1ccccc1N1CCN(C)c2ccccc21. The zero-order valence-corrected chi connectivity index (χ0v) is 12.8.